The second-order valence-electron chi connectivity index (χ2n) is 5.28. The number of pyridine rings is 1. The fourth-order valence-corrected chi connectivity index (χ4v) is 3.07. The van der Waals surface area contributed by atoms with Crippen molar-refractivity contribution >= 4 is 23.2 Å². The van der Waals surface area contributed by atoms with Gasteiger partial charge in [0.05, 0.1) is 17.4 Å². The van der Waals surface area contributed by atoms with Crippen molar-refractivity contribution in [3.63, 3.8) is 0 Å². The Kier molecular flexibility index (Phi) is 4.30. The van der Waals surface area contributed by atoms with E-state index in [0.717, 1.165) is 12.8 Å². The Morgan fingerprint density at radius 1 is 1.58 bits per heavy atom. The van der Waals surface area contributed by atoms with Gasteiger partial charge in [0.1, 0.15) is 5.15 Å². The molecule has 0 aromatic carbocycles. The molecule has 1 aromatic rings. The van der Waals surface area contributed by atoms with Crippen LogP contribution in [0.2, 0.25) is 5.15 Å². The Hall–Kier alpha value is -1.29. The highest BCUT2D eigenvalue weighted by atomic mass is 35.5. The Morgan fingerprint density at radius 2 is 2.32 bits per heavy atom. The van der Waals surface area contributed by atoms with E-state index in [1.165, 1.54) is 18.7 Å². The van der Waals surface area contributed by atoms with Gasteiger partial charge in [0.2, 0.25) is 0 Å². The summed E-state index contributed by atoms with van der Waals surface area (Å²) in [5, 5.41) is 3.35. The Morgan fingerprint density at radius 3 is 2.95 bits per heavy atom. The predicted molar refractivity (Wildman–Crippen MR) is 77.1 cm³/mol. The number of halogens is 1. The summed E-state index contributed by atoms with van der Waals surface area (Å²) in [5.74, 6) is 1.05. The Labute approximate surface area is 118 Å². The summed E-state index contributed by atoms with van der Waals surface area (Å²) < 4.78 is 0. The number of amides is 1. The van der Waals surface area contributed by atoms with Crippen LogP contribution in [0.25, 0.3) is 0 Å². The minimum absolute atomic E-state index is 0.157. The molecule has 2 rings (SSSR count). The van der Waals surface area contributed by atoms with Crippen molar-refractivity contribution in [2.75, 3.05) is 5.73 Å². The van der Waals surface area contributed by atoms with Crippen molar-refractivity contribution in [3.05, 3.63) is 23.0 Å². The molecule has 0 bridgehead atoms. The van der Waals surface area contributed by atoms with E-state index in [1.54, 1.807) is 0 Å². The minimum Gasteiger partial charge on any atom is -0.397 e. The summed E-state index contributed by atoms with van der Waals surface area (Å²) >= 11 is 5.81. The smallest absolute Gasteiger partial charge is 0.253 e. The van der Waals surface area contributed by atoms with Crippen molar-refractivity contribution in [3.8, 4) is 0 Å². The fourth-order valence-electron chi connectivity index (χ4n) is 2.91. The van der Waals surface area contributed by atoms with Crippen molar-refractivity contribution in [2.45, 2.75) is 39.2 Å². The number of carbonyl (C=O) groups excluding carboxylic acids is 1. The first-order valence-electron chi connectivity index (χ1n) is 6.74. The molecule has 0 radical (unpaired) electrons. The lowest BCUT2D eigenvalue weighted by Crippen LogP contribution is -2.37. The van der Waals surface area contributed by atoms with Crippen molar-refractivity contribution in [1.29, 1.82) is 0 Å². The zero-order valence-corrected chi connectivity index (χ0v) is 12.1. The second kappa shape index (κ2) is 5.78. The highest BCUT2D eigenvalue weighted by Gasteiger charge is 2.32. The maximum absolute atomic E-state index is 12.2. The van der Waals surface area contributed by atoms with Gasteiger partial charge in [0, 0.05) is 6.04 Å². The van der Waals surface area contributed by atoms with Gasteiger partial charge in [-0.3, -0.25) is 4.79 Å². The zero-order valence-electron chi connectivity index (χ0n) is 11.3. The molecular weight excluding hydrogens is 262 g/mol. The third-order valence-corrected chi connectivity index (χ3v) is 4.42. The molecule has 3 N–H and O–H groups in total. The predicted octanol–water partition coefficient (Wildman–Crippen LogP) is 2.87. The Balaban J connectivity index is 2.07. The molecule has 1 aromatic heterocycles. The average Bonchev–Trinajstić information content (AvgIpc) is 2.73. The number of rotatable bonds is 3. The number of carbonyl (C=O) groups is 1. The molecule has 0 spiro atoms. The number of nitrogens with zero attached hydrogens (tertiary/aromatic N) is 1. The quantitative estimate of drug-likeness (QED) is 0.837. The number of hydrogen-bond acceptors (Lipinski definition) is 3. The molecule has 1 aliphatic carbocycles. The maximum Gasteiger partial charge on any atom is 0.253 e. The van der Waals surface area contributed by atoms with Crippen LogP contribution in [0.5, 0.6) is 0 Å². The summed E-state index contributed by atoms with van der Waals surface area (Å²) in [6.45, 7) is 4.40. The van der Waals surface area contributed by atoms with Crippen LogP contribution in [-0.4, -0.2) is 16.9 Å². The summed E-state index contributed by atoms with van der Waals surface area (Å²) in [7, 11) is 0. The molecule has 4 nitrogen and oxygen atoms in total. The van der Waals surface area contributed by atoms with Crippen LogP contribution in [-0.2, 0) is 0 Å². The van der Waals surface area contributed by atoms with Crippen LogP contribution < -0.4 is 11.1 Å². The van der Waals surface area contributed by atoms with Gasteiger partial charge in [-0.2, -0.15) is 0 Å². The molecule has 1 amide bonds. The highest BCUT2D eigenvalue weighted by molar-refractivity contribution is 6.29. The van der Waals surface area contributed by atoms with E-state index < -0.39 is 0 Å². The van der Waals surface area contributed by atoms with Gasteiger partial charge < -0.3 is 11.1 Å². The molecule has 104 valence electrons. The van der Waals surface area contributed by atoms with Crippen LogP contribution in [0.1, 0.15) is 43.5 Å². The number of hydrogen-bond donors (Lipinski definition) is 2. The SMILES string of the molecule is CCC1CCC(NC(=O)c2cc(Cl)ncc2N)C1C. The Bertz CT molecular complexity index is 478. The summed E-state index contributed by atoms with van der Waals surface area (Å²) in [6, 6.07) is 1.74. The zero-order chi connectivity index (χ0) is 14.0. The number of nitrogen functional groups attached to an aromatic ring is 1. The van der Waals surface area contributed by atoms with Crippen LogP contribution in [0, 0.1) is 11.8 Å². The average molecular weight is 282 g/mol. The normalized spacial score (nSPS) is 26.4. The van der Waals surface area contributed by atoms with Crippen molar-refractivity contribution in [2.24, 2.45) is 11.8 Å². The maximum atomic E-state index is 12.2. The van der Waals surface area contributed by atoms with E-state index in [-0.39, 0.29) is 17.1 Å². The first-order chi connectivity index (χ1) is 9.02. The van der Waals surface area contributed by atoms with E-state index in [1.807, 2.05) is 0 Å². The van der Waals surface area contributed by atoms with E-state index in [9.17, 15) is 4.79 Å². The van der Waals surface area contributed by atoms with E-state index >= 15 is 0 Å². The summed E-state index contributed by atoms with van der Waals surface area (Å²) in [4.78, 5) is 16.1. The first kappa shape index (κ1) is 14.1. The molecule has 3 atom stereocenters. The van der Waals surface area contributed by atoms with Gasteiger partial charge in [-0.15, -0.1) is 0 Å². The highest BCUT2D eigenvalue weighted by Crippen LogP contribution is 2.34. The molecule has 1 saturated carbocycles. The monoisotopic (exact) mass is 281 g/mol. The molecule has 1 aliphatic rings. The van der Waals surface area contributed by atoms with Crippen LogP contribution in [0.4, 0.5) is 5.69 Å². The standard InChI is InChI=1S/C14H20ClN3O/c1-3-9-4-5-12(8(9)2)18-14(19)10-6-13(15)17-7-11(10)16/h6-9,12H,3-5,16H2,1-2H3,(H,18,19). The summed E-state index contributed by atoms with van der Waals surface area (Å²) in [6.07, 6.45) is 4.79. The third-order valence-electron chi connectivity index (χ3n) is 4.21. The fraction of sp³-hybridized carbons (Fsp3) is 0.571. The van der Waals surface area contributed by atoms with Crippen LogP contribution in [0.3, 0.4) is 0 Å². The van der Waals surface area contributed by atoms with E-state index in [0.29, 0.717) is 23.1 Å². The lowest BCUT2D eigenvalue weighted by molar-refractivity contribution is 0.0927. The van der Waals surface area contributed by atoms with Gasteiger partial charge in [-0.05, 0) is 30.7 Å². The lowest BCUT2D eigenvalue weighted by atomic mass is 9.93. The molecule has 1 heterocycles. The van der Waals surface area contributed by atoms with Gasteiger partial charge >= 0.3 is 0 Å². The molecule has 3 unspecified atom stereocenters. The van der Waals surface area contributed by atoms with Gasteiger partial charge in [0.15, 0.2) is 0 Å². The van der Waals surface area contributed by atoms with E-state index in [4.69, 9.17) is 17.3 Å². The van der Waals surface area contributed by atoms with Gasteiger partial charge in [0.25, 0.3) is 5.91 Å². The molecular formula is C14H20ClN3O. The van der Waals surface area contributed by atoms with Crippen molar-refractivity contribution in [1.82, 2.24) is 10.3 Å². The minimum atomic E-state index is -0.157. The topological polar surface area (TPSA) is 68.0 Å². The van der Waals surface area contributed by atoms with Crippen LogP contribution >= 0.6 is 11.6 Å². The largest absolute Gasteiger partial charge is 0.397 e. The van der Waals surface area contributed by atoms with Gasteiger partial charge in [-0.25, -0.2) is 4.98 Å². The molecule has 1 fully saturated rings. The molecule has 5 heteroatoms. The second-order valence-corrected chi connectivity index (χ2v) is 5.67. The van der Waals surface area contributed by atoms with Gasteiger partial charge in [-0.1, -0.05) is 31.9 Å². The van der Waals surface area contributed by atoms with Crippen LogP contribution in [0.15, 0.2) is 12.3 Å². The van der Waals surface area contributed by atoms with Crippen molar-refractivity contribution < 1.29 is 4.79 Å². The number of aromatic nitrogens is 1. The number of anilines is 1. The van der Waals surface area contributed by atoms with E-state index in [2.05, 4.69) is 24.1 Å². The molecule has 19 heavy (non-hydrogen) atoms. The number of nitrogens with one attached hydrogen (secondary N) is 1. The third kappa shape index (κ3) is 3.00. The first-order valence-corrected chi connectivity index (χ1v) is 7.12. The summed E-state index contributed by atoms with van der Waals surface area (Å²) in [5.41, 5.74) is 6.54. The number of nitrogens with two attached hydrogens (primary N) is 1. The molecule has 0 aliphatic heterocycles. The molecule has 0 saturated heterocycles. The lowest BCUT2D eigenvalue weighted by Gasteiger charge is -2.21.